The number of nitrogens with zero attached hydrogens (tertiary/aromatic N) is 1. The maximum Gasteiger partial charge on any atom is 0.338 e. The Morgan fingerprint density at radius 3 is 2.42 bits per heavy atom. The molecule has 0 aliphatic carbocycles. The fraction of sp³-hybridized carbons (Fsp3) is 0.222. The molecule has 3 aromatic carbocycles. The van der Waals surface area contributed by atoms with Gasteiger partial charge in [0.25, 0.3) is 0 Å². The molecular weight excluding hydrogens is 531 g/mol. The number of hydrogen-bond acceptors (Lipinski definition) is 6. The third-order valence-corrected chi connectivity index (χ3v) is 5.95. The van der Waals surface area contributed by atoms with Gasteiger partial charge in [-0.2, -0.15) is 0 Å². The minimum atomic E-state index is -0.608. The highest BCUT2D eigenvalue weighted by molar-refractivity contribution is 9.10. The Morgan fingerprint density at radius 1 is 1.00 bits per heavy atom. The number of nitrogens with one attached hydrogen (secondary N) is 1. The molecule has 0 atom stereocenters. The highest BCUT2D eigenvalue weighted by Crippen LogP contribution is 2.28. The highest BCUT2D eigenvalue weighted by atomic mass is 79.9. The van der Waals surface area contributed by atoms with Crippen LogP contribution in [0.3, 0.4) is 0 Å². The van der Waals surface area contributed by atoms with Crippen LogP contribution in [0.25, 0.3) is 22.4 Å². The van der Waals surface area contributed by atoms with Crippen molar-refractivity contribution >= 4 is 38.9 Å². The molecule has 9 heteroatoms. The predicted molar refractivity (Wildman–Crippen MR) is 136 cm³/mol. The van der Waals surface area contributed by atoms with E-state index in [4.69, 9.17) is 14.2 Å². The number of H-pyrrole nitrogens is 1. The van der Waals surface area contributed by atoms with E-state index in [0.29, 0.717) is 39.3 Å². The molecule has 0 aliphatic rings. The predicted octanol–water partition coefficient (Wildman–Crippen LogP) is 6.45. The van der Waals surface area contributed by atoms with Gasteiger partial charge in [-0.05, 0) is 69.3 Å². The average Bonchev–Trinajstić information content (AvgIpc) is 3.25. The molecule has 1 aromatic heterocycles. The summed E-state index contributed by atoms with van der Waals surface area (Å²) in [5.74, 6) is -0.791. The second-order valence-electron chi connectivity index (χ2n) is 9.05. The third kappa shape index (κ3) is 5.73. The van der Waals surface area contributed by atoms with Gasteiger partial charge in [0, 0.05) is 16.1 Å². The lowest BCUT2D eigenvalue weighted by Crippen LogP contribution is -2.24. The van der Waals surface area contributed by atoms with Crippen LogP contribution in [0.4, 0.5) is 4.39 Å². The van der Waals surface area contributed by atoms with Crippen molar-refractivity contribution in [3.05, 3.63) is 81.6 Å². The fourth-order valence-electron chi connectivity index (χ4n) is 3.47. The van der Waals surface area contributed by atoms with Crippen molar-refractivity contribution in [1.82, 2.24) is 9.97 Å². The van der Waals surface area contributed by atoms with Crippen molar-refractivity contribution in [1.29, 1.82) is 0 Å². The lowest BCUT2D eigenvalue weighted by Gasteiger charge is -2.19. The van der Waals surface area contributed by atoms with Gasteiger partial charge in [-0.3, -0.25) is 0 Å². The van der Waals surface area contributed by atoms with E-state index >= 15 is 0 Å². The number of aromatic amines is 1. The first kappa shape index (κ1) is 25.4. The number of ether oxygens (including phenoxy) is 3. The van der Waals surface area contributed by atoms with Crippen molar-refractivity contribution in [2.24, 2.45) is 0 Å². The van der Waals surface area contributed by atoms with Gasteiger partial charge in [0.1, 0.15) is 29.6 Å². The Bertz CT molecular complexity index is 1460. The van der Waals surface area contributed by atoms with Crippen molar-refractivity contribution in [3.63, 3.8) is 0 Å². The highest BCUT2D eigenvalue weighted by Gasteiger charge is 2.19. The molecule has 0 fully saturated rings. The molecule has 7 nitrogen and oxygen atoms in total. The first-order valence-electron chi connectivity index (χ1n) is 11.1. The Hall–Kier alpha value is -3.72. The zero-order chi connectivity index (χ0) is 26.0. The van der Waals surface area contributed by atoms with Gasteiger partial charge in [-0.1, -0.05) is 15.9 Å². The van der Waals surface area contributed by atoms with E-state index < -0.39 is 23.4 Å². The topological polar surface area (TPSA) is 90.5 Å². The second kappa shape index (κ2) is 10.1. The first-order valence-corrected chi connectivity index (χ1v) is 11.9. The van der Waals surface area contributed by atoms with Crippen LogP contribution in [0.5, 0.6) is 5.75 Å². The van der Waals surface area contributed by atoms with Gasteiger partial charge < -0.3 is 19.2 Å². The van der Waals surface area contributed by atoms with Crippen LogP contribution >= 0.6 is 15.9 Å². The Morgan fingerprint density at radius 2 is 1.72 bits per heavy atom. The van der Waals surface area contributed by atoms with Gasteiger partial charge in [-0.25, -0.2) is 19.0 Å². The number of fused-ring (bicyclic) bond motifs is 1. The molecule has 4 rings (SSSR count). The summed E-state index contributed by atoms with van der Waals surface area (Å²) in [5, 5.41) is 0. The van der Waals surface area contributed by atoms with E-state index in [1.54, 1.807) is 69.3 Å². The van der Waals surface area contributed by atoms with E-state index in [2.05, 4.69) is 25.9 Å². The molecule has 186 valence electrons. The molecule has 1 heterocycles. The van der Waals surface area contributed by atoms with Crippen LogP contribution in [-0.2, 0) is 16.1 Å². The standard InChI is InChI=1S/C27H24BrFN2O5/c1-27(2,3)36-26(33)15-5-9-20(28)17(11-15)14-35-18-7-8-19(21(29)13-18)24-30-22-10-6-16(25(32)34-4)12-23(22)31-24/h5-13H,14H2,1-4H3,(H,30,31). The fourth-order valence-corrected chi connectivity index (χ4v) is 3.83. The van der Waals surface area contributed by atoms with E-state index in [1.165, 1.54) is 13.2 Å². The van der Waals surface area contributed by atoms with E-state index in [0.717, 1.165) is 4.47 Å². The molecule has 0 aliphatic heterocycles. The summed E-state index contributed by atoms with van der Waals surface area (Å²) in [5.41, 5.74) is 2.30. The number of carbonyl (C=O) groups excluding carboxylic acids is 2. The molecular formula is C27H24BrFN2O5. The summed E-state index contributed by atoms with van der Waals surface area (Å²) in [6.45, 7) is 5.52. The number of hydrogen-bond donors (Lipinski definition) is 1. The third-order valence-electron chi connectivity index (χ3n) is 5.17. The van der Waals surface area contributed by atoms with Gasteiger partial charge in [0.2, 0.25) is 0 Å². The maximum atomic E-state index is 15.0. The summed E-state index contributed by atoms with van der Waals surface area (Å²) in [7, 11) is 1.31. The Balaban J connectivity index is 1.51. The van der Waals surface area contributed by atoms with Crippen molar-refractivity contribution in [2.75, 3.05) is 7.11 Å². The van der Waals surface area contributed by atoms with Crippen LogP contribution in [0.1, 0.15) is 47.1 Å². The summed E-state index contributed by atoms with van der Waals surface area (Å²) < 4.78 is 31.7. The van der Waals surface area contributed by atoms with Crippen LogP contribution in [0.15, 0.2) is 59.1 Å². The molecule has 0 spiro atoms. The van der Waals surface area contributed by atoms with Gasteiger partial charge in [0.05, 0.1) is 34.8 Å². The number of imidazole rings is 1. The zero-order valence-corrected chi connectivity index (χ0v) is 21.7. The molecule has 4 aromatic rings. The summed E-state index contributed by atoms with van der Waals surface area (Å²) in [6, 6.07) is 14.4. The summed E-state index contributed by atoms with van der Waals surface area (Å²) in [6.07, 6.45) is 0. The Kier molecular flexibility index (Phi) is 7.12. The van der Waals surface area contributed by atoms with Gasteiger partial charge in [-0.15, -0.1) is 0 Å². The smallest absolute Gasteiger partial charge is 0.338 e. The molecule has 0 saturated heterocycles. The zero-order valence-electron chi connectivity index (χ0n) is 20.1. The van der Waals surface area contributed by atoms with E-state index in [9.17, 15) is 14.0 Å². The molecule has 0 unspecified atom stereocenters. The van der Waals surface area contributed by atoms with Crippen molar-refractivity contribution < 1.29 is 28.2 Å². The van der Waals surface area contributed by atoms with Crippen LogP contribution in [0, 0.1) is 5.82 Å². The number of benzene rings is 3. The quantitative estimate of drug-likeness (QED) is 0.275. The number of esters is 2. The molecule has 0 saturated carbocycles. The number of rotatable bonds is 6. The normalized spacial score (nSPS) is 11.4. The first-order chi connectivity index (χ1) is 17.0. The maximum absolute atomic E-state index is 15.0. The molecule has 1 N–H and O–H groups in total. The lowest BCUT2D eigenvalue weighted by molar-refractivity contribution is 0.00691. The minimum Gasteiger partial charge on any atom is -0.489 e. The molecule has 0 bridgehead atoms. The molecule has 0 amide bonds. The van der Waals surface area contributed by atoms with E-state index in [1.807, 2.05) is 0 Å². The SMILES string of the molecule is COC(=O)c1ccc2nc(-c3ccc(OCc4cc(C(=O)OC(C)(C)C)ccc4Br)cc3F)[nH]c2c1. The van der Waals surface area contributed by atoms with Crippen LogP contribution in [-0.4, -0.2) is 34.6 Å². The number of carbonyl (C=O) groups is 2. The second-order valence-corrected chi connectivity index (χ2v) is 9.90. The Labute approximate surface area is 215 Å². The van der Waals surface area contributed by atoms with E-state index in [-0.39, 0.29) is 12.2 Å². The number of aromatic nitrogens is 2. The minimum absolute atomic E-state index is 0.108. The van der Waals surface area contributed by atoms with Crippen molar-refractivity contribution in [2.45, 2.75) is 33.0 Å². The average molecular weight is 555 g/mol. The monoisotopic (exact) mass is 554 g/mol. The van der Waals surface area contributed by atoms with Crippen LogP contribution in [0.2, 0.25) is 0 Å². The summed E-state index contributed by atoms with van der Waals surface area (Å²) >= 11 is 3.46. The van der Waals surface area contributed by atoms with Crippen LogP contribution < -0.4 is 4.74 Å². The largest absolute Gasteiger partial charge is 0.489 e. The number of methoxy groups -OCH3 is 1. The molecule has 36 heavy (non-hydrogen) atoms. The van der Waals surface area contributed by atoms with Gasteiger partial charge >= 0.3 is 11.9 Å². The van der Waals surface area contributed by atoms with Gasteiger partial charge in [0.15, 0.2) is 0 Å². The summed E-state index contributed by atoms with van der Waals surface area (Å²) in [4.78, 5) is 31.6. The number of halogens is 2. The van der Waals surface area contributed by atoms with Crippen molar-refractivity contribution in [3.8, 4) is 17.1 Å². The lowest BCUT2D eigenvalue weighted by atomic mass is 10.1. The molecule has 0 radical (unpaired) electrons.